The fraction of sp³-hybridized carbons (Fsp3) is 0.462. The van der Waals surface area contributed by atoms with Gasteiger partial charge in [-0.15, -0.1) is 0 Å². The number of nitrogens with zero attached hydrogens (tertiary/aromatic N) is 1. The molecular weight excluding hydrogens is 216 g/mol. The Bertz CT molecular complexity index is 402. The number of anilines is 1. The van der Waals surface area contributed by atoms with Crippen LogP contribution in [0.1, 0.15) is 12.8 Å². The molecule has 4 heteroatoms. The van der Waals surface area contributed by atoms with Crippen molar-refractivity contribution in [2.45, 2.75) is 18.9 Å². The van der Waals surface area contributed by atoms with E-state index in [9.17, 15) is 4.79 Å². The van der Waals surface area contributed by atoms with Gasteiger partial charge in [-0.2, -0.15) is 0 Å². The highest BCUT2D eigenvalue weighted by atomic mass is 16.5. The van der Waals surface area contributed by atoms with Crippen LogP contribution in [-0.2, 0) is 4.79 Å². The van der Waals surface area contributed by atoms with Crippen molar-refractivity contribution < 1.29 is 9.53 Å². The lowest BCUT2D eigenvalue weighted by molar-refractivity contribution is -0.128. The fourth-order valence-electron chi connectivity index (χ4n) is 1.75. The Balaban J connectivity index is 1.90. The van der Waals surface area contributed by atoms with E-state index in [1.54, 1.807) is 7.11 Å². The molecule has 0 aliphatic heterocycles. The molecule has 0 bridgehead atoms. The summed E-state index contributed by atoms with van der Waals surface area (Å²) in [6, 6.07) is 8.06. The molecule has 4 nitrogen and oxygen atoms in total. The summed E-state index contributed by atoms with van der Waals surface area (Å²) in [5.41, 5.74) is 0.854. The molecule has 1 aromatic rings. The molecule has 0 aromatic heterocycles. The van der Waals surface area contributed by atoms with Gasteiger partial charge in [0.15, 0.2) is 0 Å². The Morgan fingerprint density at radius 2 is 2.18 bits per heavy atom. The molecular formula is C13H18N2O2. The molecule has 17 heavy (non-hydrogen) atoms. The van der Waals surface area contributed by atoms with Crippen molar-refractivity contribution in [3.8, 4) is 5.75 Å². The van der Waals surface area contributed by atoms with Crippen molar-refractivity contribution in [2.24, 2.45) is 0 Å². The number of hydrogen-bond donors (Lipinski definition) is 1. The summed E-state index contributed by atoms with van der Waals surface area (Å²) in [7, 11) is 3.49. The fourth-order valence-corrected chi connectivity index (χ4v) is 1.75. The van der Waals surface area contributed by atoms with Gasteiger partial charge in [-0.25, -0.2) is 0 Å². The minimum absolute atomic E-state index is 0.124. The lowest BCUT2D eigenvalue weighted by Gasteiger charge is -2.17. The zero-order chi connectivity index (χ0) is 12.3. The lowest BCUT2D eigenvalue weighted by atomic mass is 10.3. The summed E-state index contributed by atoms with van der Waals surface area (Å²) in [4.78, 5) is 13.6. The van der Waals surface area contributed by atoms with Gasteiger partial charge >= 0.3 is 0 Å². The van der Waals surface area contributed by atoms with Crippen molar-refractivity contribution >= 4 is 11.6 Å². The summed E-state index contributed by atoms with van der Waals surface area (Å²) >= 11 is 0. The molecule has 1 aromatic carbocycles. The van der Waals surface area contributed by atoms with Crippen LogP contribution in [0.25, 0.3) is 0 Å². The third kappa shape index (κ3) is 2.90. The summed E-state index contributed by atoms with van der Waals surface area (Å²) < 4.78 is 5.21. The monoisotopic (exact) mass is 234 g/mol. The molecule has 1 N–H and O–H groups in total. The minimum atomic E-state index is 0.124. The molecule has 0 spiro atoms. The Morgan fingerprint density at radius 3 is 2.82 bits per heavy atom. The van der Waals surface area contributed by atoms with Crippen LogP contribution in [0.2, 0.25) is 0 Å². The molecule has 1 fully saturated rings. The van der Waals surface area contributed by atoms with Crippen molar-refractivity contribution in [1.29, 1.82) is 0 Å². The van der Waals surface area contributed by atoms with Gasteiger partial charge in [0, 0.05) is 13.1 Å². The van der Waals surface area contributed by atoms with Crippen LogP contribution in [-0.4, -0.2) is 37.6 Å². The van der Waals surface area contributed by atoms with E-state index in [1.165, 1.54) is 0 Å². The van der Waals surface area contributed by atoms with Crippen molar-refractivity contribution in [3.05, 3.63) is 24.3 Å². The molecule has 0 radical (unpaired) electrons. The third-order valence-electron chi connectivity index (χ3n) is 3.03. The summed E-state index contributed by atoms with van der Waals surface area (Å²) in [6.07, 6.45) is 2.27. The zero-order valence-electron chi connectivity index (χ0n) is 10.3. The normalized spacial score (nSPS) is 14.2. The predicted molar refractivity (Wildman–Crippen MR) is 67.3 cm³/mol. The number of amides is 1. The topological polar surface area (TPSA) is 41.6 Å². The Kier molecular flexibility index (Phi) is 3.52. The smallest absolute Gasteiger partial charge is 0.241 e. The average molecular weight is 234 g/mol. The quantitative estimate of drug-likeness (QED) is 0.843. The highest BCUT2D eigenvalue weighted by Crippen LogP contribution is 2.26. The van der Waals surface area contributed by atoms with Crippen LogP contribution in [0.4, 0.5) is 5.69 Å². The second-order valence-corrected chi connectivity index (χ2v) is 4.29. The zero-order valence-corrected chi connectivity index (χ0v) is 10.3. The van der Waals surface area contributed by atoms with Crippen LogP contribution < -0.4 is 10.1 Å². The number of ether oxygens (including phenoxy) is 1. The van der Waals surface area contributed by atoms with E-state index in [1.807, 2.05) is 36.2 Å². The number of carbonyl (C=O) groups is 1. The first-order chi connectivity index (χ1) is 8.22. The number of hydrogen-bond acceptors (Lipinski definition) is 3. The van der Waals surface area contributed by atoms with E-state index in [0.29, 0.717) is 12.6 Å². The second-order valence-electron chi connectivity index (χ2n) is 4.29. The Hall–Kier alpha value is -1.71. The molecule has 0 unspecified atom stereocenters. The molecule has 2 rings (SSSR count). The summed E-state index contributed by atoms with van der Waals surface area (Å²) in [5.74, 6) is 0.882. The van der Waals surface area contributed by atoms with Gasteiger partial charge in [0.1, 0.15) is 5.75 Å². The Morgan fingerprint density at radius 1 is 1.47 bits per heavy atom. The number of methoxy groups -OCH3 is 1. The van der Waals surface area contributed by atoms with Crippen LogP contribution in [0.5, 0.6) is 5.75 Å². The molecule has 0 heterocycles. The number of para-hydroxylation sites is 2. The van der Waals surface area contributed by atoms with Crippen molar-refractivity contribution in [3.63, 3.8) is 0 Å². The number of carbonyl (C=O) groups excluding carboxylic acids is 1. The van der Waals surface area contributed by atoms with E-state index in [0.717, 1.165) is 24.3 Å². The summed E-state index contributed by atoms with van der Waals surface area (Å²) in [6.45, 7) is 0.313. The SMILES string of the molecule is COc1ccccc1NCC(=O)N(C)C1CC1. The molecule has 1 amide bonds. The second kappa shape index (κ2) is 5.08. The van der Waals surface area contributed by atoms with Gasteiger partial charge in [0.2, 0.25) is 5.91 Å². The molecule has 0 atom stereocenters. The van der Waals surface area contributed by atoms with E-state index < -0.39 is 0 Å². The first-order valence-electron chi connectivity index (χ1n) is 5.85. The third-order valence-corrected chi connectivity index (χ3v) is 3.03. The predicted octanol–water partition coefficient (Wildman–Crippen LogP) is 1.73. The highest BCUT2D eigenvalue weighted by Gasteiger charge is 2.29. The van der Waals surface area contributed by atoms with Crippen LogP contribution >= 0.6 is 0 Å². The molecule has 0 saturated heterocycles. The standard InChI is InChI=1S/C13H18N2O2/c1-15(10-7-8-10)13(16)9-14-11-5-3-4-6-12(11)17-2/h3-6,10,14H,7-9H2,1-2H3. The van der Waals surface area contributed by atoms with E-state index in [-0.39, 0.29) is 5.91 Å². The van der Waals surface area contributed by atoms with E-state index in [2.05, 4.69) is 5.32 Å². The molecule has 1 saturated carbocycles. The van der Waals surface area contributed by atoms with Gasteiger partial charge in [0.25, 0.3) is 0 Å². The molecule has 1 aliphatic carbocycles. The number of likely N-dealkylation sites (N-methyl/N-ethyl adjacent to an activating group) is 1. The maximum Gasteiger partial charge on any atom is 0.241 e. The van der Waals surface area contributed by atoms with E-state index in [4.69, 9.17) is 4.74 Å². The largest absolute Gasteiger partial charge is 0.495 e. The average Bonchev–Trinajstić information content (AvgIpc) is 3.19. The minimum Gasteiger partial charge on any atom is -0.495 e. The van der Waals surface area contributed by atoms with Gasteiger partial charge in [-0.1, -0.05) is 12.1 Å². The maximum atomic E-state index is 11.8. The van der Waals surface area contributed by atoms with E-state index >= 15 is 0 Å². The molecule has 92 valence electrons. The number of rotatable bonds is 5. The first kappa shape index (κ1) is 11.8. The first-order valence-corrected chi connectivity index (χ1v) is 5.85. The highest BCUT2D eigenvalue weighted by molar-refractivity contribution is 5.81. The van der Waals surface area contributed by atoms with Gasteiger partial charge in [-0.3, -0.25) is 4.79 Å². The number of benzene rings is 1. The van der Waals surface area contributed by atoms with Gasteiger partial charge in [-0.05, 0) is 25.0 Å². The van der Waals surface area contributed by atoms with Gasteiger partial charge < -0.3 is 15.0 Å². The maximum absolute atomic E-state index is 11.8. The van der Waals surface area contributed by atoms with Crippen LogP contribution in [0.3, 0.4) is 0 Å². The van der Waals surface area contributed by atoms with Gasteiger partial charge in [0.05, 0.1) is 19.3 Å². The molecule has 1 aliphatic rings. The Labute approximate surface area is 102 Å². The number of nitrogens with one attached hydrogen (secondary N) is 1. The van der Waals surface area contributed by atoms with Crippen LogP contribution in [0, 0.1) is 0 Å². The van der Waals surface area contributed by atoms with Crippen molar-refractivity contribution in [2.75, 3.05) is 26.0 Å². The van der Waals surface area contributed by atoms with Crippen molar-refractivity contribution in [1.82, 2.24) is 4.90 Å². The summed E-state index contributed by atoms with van der Waals surface area (Å²) in [5, 5.41) is 3.11. The lowest BCUT2D eigenvalue weighted by Crippen LogP contribution is -2.33. The van der Waals surface area contributed by atoms with Crippen LogP contribution in [0.15, 0.2) is 24.3 Å².